The van der Waals surface area contributed by atoms with Crippen LogP contribution in [0.5, 0.6) is 0 Å². The van der Waals surface area contributed by atoms with E-state index in [0.29, 0.717) is 19.6 Å². The highest BCUT2D eigenvalue weighted by Gasteiger charge is 2.24. The summed E-state index contributed by atoms with van der Waals surface area (Å²) < 4.78 is 5.36. The van der Waals surface area contributed by atoms with Gasteiger partial charge in [-0.25, -0.2) is 0 Å². The van der Waals surface area contributed by atoms with Crippen molar-refractivity contribution in [2.45, 2.75) is 38.7 Å². The van der Waals surface area contributed by atoms with Gasteiger partial charge in [0.15, 0.2) is 0 Å². The second-order valence-electron chi connectivity index (χ2n) is 4.19. The van der Waals surface area contributed by atoms with Crippen LogP contribution in [-0.2, 0) is 14.3 Å². The van der Waals surface area contributed by atoms with Crippen molar-refractivity contribution >= 4 is 11.9 Å². The number of ether oxygens (including phenoxy) is 1. The van der Waals surface area contributed by atoms with E-state index in [9.17, 15) is 9.59 Å². The Balaban J connectivity index is 2.16. The van der Waals surface area contributed by atoms with Crippen molar-refractivity contribution in [3.63, 3.8) is 0 Å². The molecular weight excluding hydrogens is 210 g/mol. The van der Waals surface area contributed by atoms with Crippen molar-refractivity contribution in [3.8, 4) is 0 Å². The average Bonchev–Trinajstić information content (AvgIpc) is 2.24. The molecule has 0 aliphatic carbocycles. The van der Waals surface area contributed by atoms with E-state index in [1.165, 1.54) is 0 Å². The normalized spacial score (nSPS) is 25.1. The van der Waals surface area contributed by atoms with Gasteiger partial charge in [-0.2, -0.15) is 0 Å². The van der Waals surface area contributed by atoms with E-state index in [4.69, 9.17) is 9.84 Å². The first-order valence-corrected chi connectivity index (χ1v) is 5.70. The van der Waals surface area contributed by atoms with E-state index >= 15 is 0 Å². The highest BCUT2D eigenvalue weighted by molar-refractivity contribution is 5.78. The predicted octanol–water partition coefficient (Wildman–Crippen LogP) is 0.782. The molecule has 5 heteroatoms. The fourth-order valence-corrected chi connectivity index (χ4v) is 1.83. The third-order valence-corrected chi connectivity index (χ3v) is 2.72. The van der Waals surface area contributed by atoms with E-state index in [1.807, 2.05) is 6.92 Å². The van der Waals surface area contributed by atoms with Gasteiger partial charge in [0.05, 0.1) is 6.10 Å². The number of aliphatic carboxylic acids is 1. The zero-order valence-electron chi connectivity index (χ0n) is 9.57. The molecule has 5 nitrogen and oxygen atoms in total. The lowest BCUT2D eigenvalue weighted by Crippen LogP contribution is -2.37. The van der Waals surface area contributed by atoms with Crippen LogP contribution in [-0.4, -0.2) is 36.2 Å². The summed E-state index contributed by atoms with van der Waals surface area (Å²) in [6.07, 6.45) is 2.24. The van der Waals surface area contributed by atoms with Gasteiger partial charge >= 0.3 is 5.97 Å². The lowest BCUT2D eigenvalue weighted by molar-refractivity contribution is -0.137. The maximum absolute atomic E-state index is 11.7. The van der Waals surface area contributed by atoms with E-state index in [-0.39, 0.29) is 24.3 Å². The Labute approximate surface area is 95.2 Å². The Kier molecular flexibility index (Phi) is 5.25. The summed E-state index contributed by atoms with van der Waals surface area (Å²) in [5, 5.41) is 11.2. The van der Waals surface area contributed by atoms with Crippen LogP contribution in [0.3, 0.4) is 0 Å². The zero-order chi connectivity index (χ0) is 12.0. The fraction of sp³-hybridized carbons (Fsp3) is 0.818. The number of carbonyl (C=O) groups excluding carboxylic acids is 1. The van der Waals surface area contributed by atoms with Crippen molar-refractivity contribution in [1.82, 2.24) is 5.32 Å². The van der Waals surface area contributed by atoms with Gasteiger partial charge in [0, 0.05) is 25.5 Å². The minimum Gasteiger partial charge on any atom is -0.481 e. The fourth-order valence-electron chi connectivity index (χ4n) is 1.83. The number of carboxylic acids is 1. The summed E-state index contributed by atoms with van der Waals surface area (Å²) in [6, 6.07) is 0. The summed E-state index contributed by atoms with van der Waals surface area (Å²) >= 11 is 0. The van der Waals surface area contributed by atoms with Crippen molar-refractivity contribution in [2.75, 3.05) is 13.2 Å². The minimum atomic E-state index is -0.825. The van der Waals surface area contributed by atoms with Gasteiger partial charge in [-0.1, -0.05) is 0 Å². The van der Waals surface area contributed by atoms with Crippen LogP contribution in [0, 0.1) is 5.92 Å². The number of carboxylic acid groups (broad SMARTS) is 1. The molecule has 0 radical (unpaired) electrons. The molecule has 2 atom stereocenters. The minimum absolute atomic E-state index is 0.0218. The molecule has 1 aliphatic rings. The highest BCUT2D eigenvalue weighted by atomic mass is 16.5. The Morgan fingerprint density at radius 2 is 2.25 bits per heavy atom. The first kappa shape index (κ1) is 13.0. The topological polar surface area (TPSA) is 75.6 Å². The maximum atomic E-state index is 11.7. The average molecular weight is 229 g/mol. The molecule has 2 N–H and O–H groups in total. The van der Waals surface area contributed by atoms with E-state index in [0.717, 1.165) is 12.8 Å². The number of carbonyl (C=O) groups is 2. The molecule has 16 heavy (non-hydrogen) atoms. The molecule has 2 unspecified atom stereocenters. The van der Waals surface area contributed by atoms with Gasteiger partial charge in [-0.05, 0) is 26.2 Å². The number of hydrogen-bond acceptors (Lipinski definition) is 3. The van der Waals surface area contributed by atoms with E-state index < -0.39 is 5.97 Å². The molecule has 1 fully saturated rings. The molecule has 1 rings (SSSR count). The first-order valence-electron chi connectivity index (χ1n) is 5.70. The first-order chi connectivity index (χ1) is 7.59. The molecule has 0 aromatic carbocycles. The van der Waals surface area contributed by atoms with Gasteiger partial charge in [-0.15, -0.1) is 0 Å². The van der Waals surface area contributed by atoms with Crippen molar-refractivity contribution in [2.24, 2.45) is 5.92 Å². The highest BCUT2D eigenvalue weighted by Crippen LogP contribution is 2.19. The van der Waals surface area contributed by atoms with Crippen LogP contribution in [0.4, 0.5) is 0 Å². The zero-order valence-corrected chi connectivity index (χ0v) is 9.57. The van der Waals surface area contributed by atoms with Crippen LogP contribution < -0.4 is 5.32 Å². The molecule has 1 saturated heterocycles. The molecule has 0 aromatic heterocycles. The SMILES string of the molecule is CC1CC(C(=O)NCCCC(=O)O)CCO1. The molecule has 0 spiro atoms. The van der Waals surface area contributed by atoms with E-state index in [2.05, 4.69) is 5.32 Å². The molecule has 0 bridgehead atoms. The Hall–Kier alpha value is -1.10. The summed E-state index contributed by atoms with van der Waals surface area (Å²) in [7, 11) is 0. The lowest BCUT2D eigenvalue weighted by atomic mass is 9.95. The van der Waals surface area contributed by atoms with Crippen molar-refractivity contribution < 1.29 is 19.4 Å². The summed E-state index contributed by atoms with van der Waals surface area (Å²) in [5.74, 6) is -0.775. The number of nitrogens with one attached hydrogen (secondary N) is 1. The predicted molar refractivity (Wildman–Crippen MR) is 58.0 cm³/mol. The van der Waals surface area contributed by atoms with Crippen LogP contribution in [0.25, 0.3) is 0 Å². The maximum Gasteiger partial charge on any atom is 0.303 e. The van der Waals surface area contributed by atoms with Gasteiger partial charge in [-0.3, -0.25) is 9.59 Å². The molecule has 1 aliphatic heterocycles. The summed E-state index contributed by atoms with van der Waals surface area (Å²) in [4.78, 5) is 21.9. The standard InChI is InChI=1S/C11H19NO4/c1-8-7-9(4-6-16-8)11(15)12-5-2-3-10(13)14/h8-9H,2-7H2,1H3,(H,12,15)(H,13,14). The molecular formula is C11H19NO4. The van der Waals surface area contributed by atoms with Crippen molar-refractivity contribution in [1.29, 1.82) is 0 Å². The number of amides is 1. The van der Waals surface area contributed by atoms with Crippen LogP contribution in [0.15, 0.2) is 0 Å². The van der Waals surface area contributed by atoms with Gasteiger partial charge in [0.1, 0.15) is 0 Å². The Morgan fingerprint density at radius 3 is 2.88 bits per heavy atom. The van der Waals surface area contributed by atoms with Crippen molar-refractivity contribution in [3.05, 3.63) is 0 Å². The largest absolute Gasteiger partial charge is 0.481 e. The monoisotopic (exact) mass is 229 g/mol. The quantitative estimate of drug-likeness (QED) is 0.683. The third kappa shape index (κ3) is 4.61. The van der Waals surface area contributed by atoms with Gasteiger partial charge < -0.3 is 15.2 Å². The second kappa shape index (κ2) is 6.48. The van der Waals surface area contributed by atoms with Gasteiger partial charge in [0.2, 0.25) is 5.91 Å². The summed E-state index contributed by atoms with van der Waals surface area (Å²) in [5.41, 5.74) is 0. The van der Waals surface area contributed by atoms with Crippen LogP contribution in [0.1, 0.15) is 32.6 Å². The Morgan fingerprint density at radius 1 is 1.50 bits per heavy atom. The molecule has 1 heterocycles. The molecule has 92 valence electrons. The van der Waals surface area contributed by atoms with Crippen LogP contribution in [0.2, 0.25) is 0 Å². The lowest BCUT2D eigenvalue weighted by Gasteiger charge is -2.26. The smallest absolute Gasteiger partial charge is 0.303 e. The number of rotatable bonds is 5. The summed E-state index contributed by atoms with van der Waals surface area (Å²) in [6.45, 7) is 3.04. The molecule has 0 saturated carbocycles. The van der Waals surface area contributed by atoms with E-state index in [1.54, 1.807) is 0 Å². The number of hydrogen-bond donors (Lipinski definition) is 2. The van der Waals surface area contributed by atoms with Crippen LogP contribution >= 0.6 is 0 Å². The second-order valence-corrected chi connectivity index (χ2v) is 4.19. The third-order valence-electron chi connectivity index (χ3n) is 2.72. The molecule has 0 aromatic rings. The van der Waals surface area contributed by atoms with Gasteiger partial charge in [0.25, 0.3) is 0 Å². The Bertz CT molecular complexity index is 254. The molecule has 1 amide bonds.